The molecule has 0 unspecified atom stereocenters. The summed E-state index contributed by atoms with van der Waals surface area (Å²) < 4.78 is 23.8. The fourth-order valence-corrected chi connectivity index (χ4v) is 2.46. The second-order valence-electron chi connectivity index (χ2n) is 5.67. The van der Waals surface area contributed by atoms with Crippen molar-refractivity contribution in [3.05, 3.63) is 41.5 Å². The molecule has 0 bridgehead atoms. The highest BCUT2D eigenvalue weighted by atomic mass is 19.1. The van der Waals surface area contributed by atoms with E-state index in [2.05, 4.69) is 15.3 Å². The van der Waals surface area contributed by atoms with Gasteiger partial charge in [-0.2, -0.15) is 9.97 Å². The SMILES string of the molecule is Cc1nc(Oc2ccccc2F)nc(C)c1NC(=O)CN1CCOC1=O. The third-order valence-corrected chi connectivity index (χ3v) is 3.73. The molecule has 9 heteroatoms. The second-order valence-corrected chi connectivity index (χ2v) is 5.67. The number of benzene rings is 1. The van der Waals surface area contributed by atoms with Crippen LogP contribution in [0, 0.1) is 19.7 Å². The molecule has 0 aliphatic carbocycles. The number of cyclic esters (lactones) is 1. The van der Waals surface area contributed by atoms with Gasteiger partial charge in [-0.15, -0.1) is 0 Å². The average molecular weight is 360 g/mol. The number of amides is 2. The Kier molecular flexibility index (Phi) is 4.97. The summed E-state index contributed by atoms with van der Waals surface area (Å²) in [5.74, 6) is -0.904. The van der Waals surface area contributed by atoms with E-state index in [-0.39, 0.29) is 30.8 Å². The molecule has 1 aliphatic rings. The molecule has 3 rings (SSSR count). The number of carbonyl (C=O) groups excluding carboxylic acids is 2. The van der Waals surface area contributed by atoms with Crippen molar-refractivity contribution in [1.82, 2.24) is 14.9 Å². The van der Waals surface area contributed by atoms with Crippen LogP contribution in [0.4, 0.5) is 14.9 Å². The van der Waals surface area contributed by atoms with Gasteiger partial charge in [0.2, 0.25) is 5.91 Å². The maximum absolute atomic E-state index is 13.7. The lowest BCUT2D eigenvalue weighted by Gasteiger charge is -2.15. The number of nitrogens with one attached hydrogen (secondary N) is 1. The van der Waals surface area contributed by atoms with Gasteiger partial charge in [0.1, 0.15) is 13.2 Å². The van der Waals surface area contributed by atoms with Gasteiger partial charge in [0.25, 0.3) is 0 Å². The van der Waals surface area contributed by atoms with Crippen LogP contribution in [0.2, 0.25) is 0 Å². The van der Waals surface area contributed by atoms with Crippen LogP contribution in [0.1, 0.15) is 11.4 Å². The first-order chi connectivity index (χ1) is 12.4. The van der Waals surface area contributed by atoms with Crippen LogP contribution in [0.15, 0.2) is 24.3 Å². The quantitative estimate of drug-likeness (QED) is 0.880. The smallest absolute Gasteiger partial charge is 0.410 e. The Balaban J connectivity index is 1.72. The van der Waals surface area contributed by atoms with Crippen LogP contribution < -0.4 is 10.1 Å². The highest BCUT2D eigenvalue weighted by Crippen LogP contribution is 2.25. The predicted octanol–water partition coefficient (Wildman–Crippen LogP) is 2.42. The number of para-hydroxylation sites is 1. The third-order valence-electron chi connectivity index (χ3n) is 3.73. The largest absolute Gasteiger partial charge is 0.448 e. The first-order valence-corrected chi connectivity index (χ1v) is 7.93. The molecule has 1 fully saturated rings. The second kappa shape index (κ2) is 7.34. The van der Waals surface area contributed by atoms with E-state index in [0.717, 1.165) is 0 Å². The number of rotatable bonds is 5. The lowest BCUT2D eigenvalue weighted by molar-refractivity contribution is -0.116. The zero-order chi connectivity index (χ0) is 18.7. The molecule has 8 nitrogen and oxygen atoms in total. The van der Waals surface area contributed by atoms with Gasteiger partial charge in [-0.3, -0.25) is 9.69 Å². The van der Waals surface area contributed by atoms with Gasteiger partial charge < -0.3 is 14.8 Å². The number of carbonyl (C=O) groups is 2. The van der Waals surface area contributed by atoms with E-state index < -0.39 is 11.9 Å². The molecule has 2 aromatic rings. The molecular formula is C17H17FN4O4. The molecule has 0 spiro atoms. The summed E-state index contributed by atoms with van der Waals surface area (Å²) in [4.78, 5) is 33.1. The summed E-state index contributed by atoms with van der Waals surface area (Å²) >= 11 is 0. The molecule has 2 amide bonds. The first-order valence-electron chi connectivity index (χ1n) is 7.93. The van der Waals surface area contributed by atoms with Gasteiger partial charge >= 0.3 is 12.1 Å². The number of halogens is 1. The van der Waals surface area contributed by atoms with Crippen molar-refractivity contribution in [1.29, 1.82) is 0 Å². The highest BCUT2D eigenvalue weighted by molar-refractivity contribution is 5.94. The third kappa shape index (κ3) is 3.88. The molecule has 1 aromatic carbocycles. The fraction of sp³-hybridized carbons (Fsp3) is 0.294. The molecule has 1 saturated heterocycles. The monoisotopic (exact) mass is 360 g/mol. The Morgan fingerprint density at radius 1 is 1.31 bits per heavy atom. The minimum Gasteiger partial charge on any atom is -0.448 e. The fourth-order valence-electron chi connectivity index (χ4n) is 2.46. The number of aromatic nitrogens is 2. The number of ether oxygens (including phenoxy) is 2. The summed E-state index contributed by atoms with van der Waals surface area (Å²) in [6, 6.07) is 5.90. The molecule has 0 saturated carbocycles. The van der Waals surface area contributed by atoms with E-state index in [4.69, 9.17) is 9.47 Å². The predicted molar refractivity (Wildman–Crippen MR) is 89.5 cm³/mol. The minimum atomic E-state index is -0.527. The van der Waals surface area contributed by atoms with E-state index in [1.54, 1.807) is 26.0 Å². The van der Waals surface area contributed by atoms with E-state index in [9.17, 15) is 14.0 Å². The van der Waals surface area contributed by atoms with Gasteiger partial charge in [0, 0.05) is 0 Å². The van der Waals surface area contributed by atoms with E-state index >= 15 is 0 Å². The summed E-state index contributed by atoms with van der Waals surface area (Å²) in [6.45, 7) is 3.86. The number of hydrogen-bond acceptors (Lipinski definition) is 6. The topological polar surface area (TPSA) is 93.7 Å². The Labute approximate surface area is 149 Å². The minimum absolute atomic E-state index is 0.00984. The van der Waals surface area contributed by atoms with Crippen LogP contribution in [-0.2, 0) is 9.53 Å². The zero-order valence-corrected chi connectivity index (χ0v) is 14.3. The van der Waals surface area contributed by atoms with Crippen molar-refractivity contribution in [2.24, 2.45) is 0 Å². The Morgan fingerprint density at radius 2 is 2.00 bits per heavy atom. The molecular weight excluding hydrogens is 343 g/mol. The summed E-state index contributed by atoms with van der Waals surface area (Å²) in [5.41, 5.74) is 1.34. The number of nitrogens with zero attached hydrogens (tertiary/aromatic N) is 3. The van der Waals surface area contributed by atoms with Gasteiger partial charge in [0.05, 0.1) is 23.6 Å². The lowest BCUT2D eigenvalue weighted by Crippen LogP contribution is -2.34. The standard InChI is InChI=1S/C17H17FN4O4/c1-10-15(21-14(23)9-22-7-8-25-17(22)24)11(2)20-16(19-10)26-13-6-4-3-5-12(13)18/h3-6H,7-9H2,1-2H3,(H,21,23). The van der Waals surface area contributed by atoms with Crippen LogP contribution in [0.25, 0.3) is 0 Å². The van der Waals surface area contributed by atoms with Gasteiger partial charge in [0.15, 0.2) is 11.6 Å². The molecule has 136 valence electrons. The molecule has 1 N–H and O–H groups in total. The van der Waals surface area contributed by atoms with Crippen molar-refractivity contribution < 1.29 is 23.5 Å². The number of hydrogen-bond donors (Lipinski definition) is 1. The van der Waals surface area contributed by atoms with E-state index in [0.29, 0.717) is 23.6 Å². The van der Waals surface area contributed by atoms with Crippen molar-refractivity contribution in [2.75, 3.05) is 25.0 Å². The van der Waals surface area contributed by atoms with Crippen LogP contribution in [0.5, 0.6) is 11.8 Å². The summed E-state index contributed by atoms with van der Waals surface area (Å²) in [5, 5.41) is 2.69. The van der Waals surface area contributed by atoms with Crippen LogP contribution >= 0.6 is 0 Å². The molecule has 1 aromatic heterocycles. The molecule has 0 radical (unpaired) electrons. The Bertz CT molecular complexity index is 835. The van der Waals surface area contributed by atoms with Crippen LogP contribution in [0.3, 0.4) is 0 Å². The maximum atomic E-state index is 13.7. The van der Waals surface area contributed by atoms with Crippen molar-refractivity contribution in [3.8, 4) is 11.8 Å². The van der Waals surface area contributed by atoms with E-state index in [1.807, 2.05) is 0 Å². The van der Waals surface area contributed by atoms with Crippen LogP contribution in [-0.4, -0.2) is 46.6 Å². The summed E-state index contributed by atoms with van der Waals surface area (Å²) in [6.07, 6.45) is -0.515. The normalized spacial score (nSPS) is 13.5. The summed E-state index contributed by atoms with van der Waals surface area (Å²) in [7, 11) is 0. The maximum Gasteiger partial charge on any atom is 0.410 e. The number of anilines is 1. The average Bonchev–Trinajstić information content (AvgIpc) is 2.98. The van der Waals surface area contributed by atoms with E-state index in [1.165, 1.54) is 17.0 Å². The van der Waals surface area contributed by atoms with Gasteiger partial charge in [-0.05, 0) is 26.0 Å². The van der Waals surface area contributed by atoms with Crippen molar-refractivity contribution in [3.63, 3.8) is 0 Å². The lowest BCUT2D eigenvalue weighted by atomic mass is 10.3. The highest BCUT2D eigenvalue weighted by Gasteiger charge is 2.24. The zero-order valence-electron chi connectivity index (χ0n) is 14.3. The van der Waals surface area contributed by atoms with Crippen molar-refractivity contribution >= 4 is 17.7 Å². The molecule has 1 aliphatic heterocycles. The molecule has 2 heterocycles. The van der Waals surface area contributed by atoms with Gasteiger partial charge in [-0.1, -0.05) is 12.1 Å². The Morgan fingerprint density at radius 3 is 2.62 bits per heavy atom. The number of aryl methyl sites for hydroxylation is 2. The molecule has 26 heavy (non-hydrogen) atoms. The first kappa shape index (κ1) is 17.6. The molecule has 0 atom stereocenters. The Hall–Kier alpha value is -3.23. The van der Waals surface area contributed by atoms with Crippen molar-refractivity contribution in [2.45, 2.75) is 13.8 Å². The van der Waals surface area contributed by atoms with Gasteiger partial charge in [-0.25, -0.2) is 9.18 Å².